The van der Waals surface area contributed by atoms with E-state index in [4.69, 9.17) is 28.4 Å². The highest BCUT2D eigenvalue weighted by Crippen LogP contribution is 2.21. The minimum Gasteiger partial charge on any atom is -0.490 e. The maximum absolute atomic E-state index is 12.5. The van der Waals surface area contributed by atoms with E-state index >= 15 is 0 Å². The Morgan fingerprint density at radius 1 is 0.585 bits per heavy atom. The predicted molar refractivity (Wildman–Crippen MR) is 147 cm³/mol. The van der Waals surface area contributed by atoms with Crippen molar-refractivity contribution in [2.75, 3.05) is 19.8 Å². The fraction of sp³-hybridized carbons (Fsp3) is 0.161. The van der Waals surface area contributed by atoms with Gasteiger partial charge in [-0.1, -0.05) is 19.2 Å². The van der Waals surface area contributed by atoms with Gasteiger partial charge in [-0.3, -0.25) is 0 Å². The summed E-state index contributed by atoms with van der Waals surface area (Å²) < 4.78 is 30.9. The summed E-state index contributed by atoms with van der Waals surface area (Å²) in [6, 6.07) is 18.2. The molecule has 10 heteroatoms. The van der Waals surface area contributed by atoms with Crippen LogP contribution in [0, 0.1) is 0 Å². The quantitative estimate of drug-likeness (QED) is 0.0604. The van der Waals surface area contributed by atoms with Crippen molar-refractivity contribution in [1.29, 1.82) is 0 Å². The Labute approximate surface area is 236 Å². The molecule has 0 bridgehead atoms. The van der Waals surface area contributed by atoms with Crippen LogP contribution < -0.4 is 18.9 Å². The van der Waals surface area contributed by atoms with Crippen molar-refractivity contribution in [1.82, 2.24) is 0 Å². The highest BCUT2D eigenvalue weighted by Gasteiger charge is 2.13. The van der Waals surface area contributed by atoms with Crippen molar-refractivity contribution in [3.8, 4) is 23.0 Å². The number of rotatable bonds is 14. The monoisotopic (exact) mass is 560 g/mol. The molecule has 0 unspecified atom stereocenters. The van der Waals surface area contributed by atoms with Gasteiger partial charge in [-0.2, -0.15) is 0 Å². The fourth-order valence-electron chi connectivity index (χ4n) is 3.13. The van der Waals surface area contributed by atoms with Crippen molar-refractivity contribution < 1.29 is 47.6 Å². The highest BCUT2D eigenvalue weighted by atomic mass is 16.7. The van der Waals surface area contributed by atoms with Crippen LogP contribution >= 0.6 is 0 Å². The first-order chi connectivity index (χ1) is 19.9. The third-order valence-electron chi connectivity index (χ3n) is 5.16. The van der Waals surface area contributed by atoms with Crippen LogP contribution in [0.3, 0.4) is 0 Å². The standard InChI is InChI=1S/C31H28O10/c1-3-19-36-24-11-7-22(8-12-24)29(33)39-25-15-17-26(18-16-25)40-30(34)23-9-13-27(14-10-23)41-31(35)38-21-6-5-20-37-28(32)4-2/h3-4,7-18H,1-2,5-6,19-21H2. The molecule has 0 atom stereocenters. The summed E-state index contributed by atoms with van der Waals surface area (Å²) in [6.07, 6.45) is 2.78. The molecule has 0 amide bonds. The SMILES string of the molecule is C=CCOc1ccc(C(=O)Oc2ccc(OC(=O)c3ccc(OC(=O)OCCCCOC(=O)C=C)cc3)cc2)cc1. The molecule has 0 aromatic heterocycles. The van der Waals surface area contributed by atoms with Crippen LogP contribution in [0.2, 0.25) is 0 Å². The molecule has 0 aliphatic rings. The van der Waals surface area contributed by atoms with E-state index in [2.05, 4.69) is 13.2 Å². The molecule has 3 aromatic rings. The smallest absolute Gasteiger partial charge is 0.490 e. The Morgan fingerprint density at radius 2 is 1.02 bits per heavy atom. The Kier molecular flexibility index (Phi) is 11.7. The van der Waals surface area contributed by atoms with Gasteiger partial charge in [0.25, 0.3) is 0 Å². The molecule has 0 spiro atoms. The zero-order chi connectivity index (χ0) is 29.5. The van der Waals surface area contributed by atoms with E-state index in [0.717, 1.165) is 6.08 Å². The van der Waals surface area contributed by atoms with Crippen LogP contribution in [0.4, 0.5) is 4.79 Å². The molecular weight excluding hydrogens is 532 g/mol. The number of carbonyl (C=O) groups excluding carboxylic acids is 4. The minimum absolute atomic E-state index is 0.0891. The molecule has 0 saturated heterocycles. The van der Waals surface area contributed by atoms with Crippen LogP contribution in [0.25, 0.3) is 0 Å². The number of hydrogen-bond donors (Lipinski definition) is 0. The number of unbranched alkanes of at least 4 members (excludes halogenated alkanes) is 1. The molecule has 0 radical (unpaired) electrons. The number of benzene rings is 3. The second-order valence-corrected chi connectivity index (χ2v) is 8.18. The van der Waals surface area contributed by atoms with E-state index in [9.17, 15) is 19.2 Å². The first kappa shape index (κ1) is 30.2. The number of carbonyl (C=O) groups is 4. The summed E-state index contributed by atoms with van der Waals surface area (Å²) in [7, 11) is 0. The highest BCUT2D eigenvalue weighted by molar-refractivity contribution is 5.92. The van der Waals surface area contributed by atoms with Crippen LogP contribution in [0.5, 0.6) is 23.0 Å². The summed E-state index contributed by atoms with van der Waals surface area (Å²) in [5, 5.41) is 0. The molecule has 0 aliphatic heterocycles. The zero-order valence-electron chi connectivity index (χ0n) is 22.1. The lowest BCUT2D eigenvalue weighted by molar-refractivity contribution is -0.137. The maximum atomic E-state index is 12.5. The Bertz CT molecular complexity index is 1340. The number of esters is 3. The summed E-state index contributed by atoms with van der Waals surface area (Å²) in [4.78, 5) is 47.6. The van der Waals surface area contributed by atoms with E-state index in [1.165, 1.54) is 48.5 Å². The first-order valence-electron chi connectivity index (χ1n) is 12.5. The molecule has 41 heavy (non-hydrogen) atoms. The lowest BCUT2D eigenvalue weighted by Gasteiger charge is -2.08. The number of hydrogen-bond acceptors (Lipinski definition) is 10. The summed E-state index contributed by atoms with van der Waals surface area (Å²) >= 11 is 0. The average molecular weight is 561 g/mol. The van der Waals surface area contributed by atoms with Crippen LogP contribution in [0.1, 0.15) is 33.6 Å². The lowest BCUT2D eigenvalue weighted by atomic mass is 10.2. The van der Waals surface area contributed by atoms with Crippen molar-refractivity contribution in [2.24, 2.45) is 0 Å². The molecule has 212 valence electrons. The largest absolute Gasteiger partial charge is 0.513 e. The van der Waals surface area contributed by atoms with Crippen molar-refractivity contribution >= 4 is 24.1 Å². The zero-order valence-corrected chi connectivity index (χ0v) is 22.1. The van der Waals surface area contributed by atoms with E-state index in [0.29, 0.717) is 30.8 Å². The van der Waals surface area contributed by atoms with Gasteiger partial charge in [0, 0.05) is 6.08 Å². The topological polar surface area (TPSA) is 124 Å². The second-order valence-electron chi connectivity index (χ2n) is 8.18. The van der Waals surface area contributed by atoms with Crippen molar-refractivity contribution in [2.45, 2.75) is 12.8 Å². The summed E-state index contributed by atoms with van der Waals surface area (Å²) in [6.45, 7) is 7.52. The number of ether oxygens (including phenoxy) is 6. The van der Waals surface area contributed by atoms with Crippen molar-refractivity contribution in [3.63, 3.8) is 0 Å². The Hall–Kier alpha value is -5.38. The van der Waals surface area contributed by atoms with Crippen LogP contribution in [-0.4, -0.2) is 43.9 Å². The van der Waals surface area contributed by atoms with Gasteiger partial charge in [-0.05, 0) is 85.6 Å². The normalized spacial score (nSPS) is 10.0. The molecule has 0 saturated carbocycles. The molecule has 0 heterocycles. The first-order valence-corrected chi connectivity index (χ1v) is 12.5. The van der Waals surface area contributed by atoms with Gasteiger partial charge in [0.1, 0.15) is 29.6 Å². The minimum atomic E-state index is -0.904. The molecule has 3 rings (SSSR count). The lowest BCUT2D eigenvalue weighted by Crippen LogP contribution is -2.12. The van der Waals surface area contributed by atoms with Gasteiger partial charge >= 0.3 is 24.1 Å². The molecular formula is C31H28O10. The summed E-state index contributed by atoms with van der Waals surface area (Å²) in [5.41, 5.74) is 0.562. The molecule has 3 aromatic carbocycles. The van der Waals surface area contributed by atoms with Gasteiger partial charge in [0.2, 0.25) is 0 Å². The third kappa shape index (κ3) is 10.4. The van der Waals surface area contributed by atoms with E-state index < -0.39 is 24.1 Å². The van der Waals surface area contributed by atoms with Crippen molar-refractivity contribution in [3.05, 3.63) is 109 Å². The van der Waals surface area contributed by atoms with Gasteiger partial charge in [-0.15, -0.1) is 0 Å². The van der Waals surface area contributed by atoms with Gasteiger partial charge < -0.3 is 28.4 Å². The van der Waals surface area contributed by atoms with E-state index in [1.807, 2.05) is 0 Å². The molecule has 10 nitrogen and oxygen atoms in total. The van der Waals surface area contributed by atoms with Gasteiger partial charge in [0.05, 0.1) is 24.3 Å². The Morgan fingerprint density at radius 3 is 1.51 bits per heavy atom. The molecule has 0 N–H and O–H groups in total. The summed E-state index contributed by atoms with van der Waals surface area (Å²) in [5.74, 6) is -0.415. The maximum Gasteiger partial charge on any atom is 0.513 e. The molecule has 0 aliphatic carbocycles. The predicted octanol–water partition coefficient (Wildman–Crippen LogP) is 5.71. The van der Waals surface area contributed by atoms with E-state index in [-0.39, 0.29) is 36.0 Å². The van der Waals surface area contributed by atoms with Crippen LogP contribution in [-0.2, 0) is 14.3 Å². The van der Waals surface area contributed by atoms with Crippen LogP contribution in [0.15, 0.2) is 98.1 Å². The van der Waals surface area contributed by atoms with Gasteiger partial charge in [0.15, 0.2) is 0 Å². The third-order valence-corrected chi connectivity index (χ3v) is 5.16. The van der Waals surface area contributed by atoms with E-state index in [1.54, 1.807) is 30.3 Å². The Balaban J connectivity index is 1.41. The fourth-order valence-corrected chi connectivity index (χ4v) is 3.13. The second kappa shape index (κ2) is 15.9. The average Bonchev–Trinajstić information content (AvgIpc) is 2.99. The molecule has 0 fully saturated rings. The van der Waals surface area contributed by atoms with Gasteiger partial charge in [-0.25, -0.2) is 19.2 Å².